The molecule has 2 N–H and O–H groups in total. The van der Waals surface area contributed by atoms with Crippen LogP contribution in [0.3, 0.4) is 0 Å². The molecule has 0 radical (unpaired) electrons. The Kier molecular flexibility index (Phi) is 0.939. The Labute approximate surface area is 69.6 Å². The minimum Gasteiger partial charge on any atom is -0.348 e. The zero-order chi connectivity index (χ0) is 7.97. The second-order valence-electron chi connectivity index (χ2n) is 2.95. The van der Waals surface area contributed by atoms with Gasteiger partial charge in [0.2, 0.25) is 0 Å². The van der Waals surface area contributed by atoms with E-state index in [4.69, 9.17) is 0 Å². The van der Waals surface area contributed by atoms with Crippen molar-refractivity contribution in [3.8, 4) is 11.1 Å². The maximum atomic E-state index is 3.20. The fourth-order valence-corrected chi connectivity index (χ4v) is 1.67. The van der Waals surface area contributed by atoms with Gasteiger partial charge in [0.05, 0.1) is 0 Å². The molecule has 1 aliphatic carbocycles. The summed E-state index contributed by atoms with van der Waals surface area (Å²) in [5, 5.41) is 1.26. The molecule has 1 aromatic heterocycles. The molecule has 2 heteroatoms. The average molecular weight is 156 g/mol. The molecule has 0 saturated heterocycles. The van der Waals surface area contributed by atoms with Crippen molar-refractivity contribution in [1.82, 2.24) is 9.97 Å². The molecule has 0 saturated carbocycles. The smallest absolute Gasteiger partial charge is 0.115 e. The topological polar surface area (TPSA) is 31.6 Å². The number of aromatic amines is 2. The summed E-state index contributed by atoms with van der Waals surface area (Å²) >= 11 is 0. The van der Waals surface area contributed by atoms with Gasteiger partial charge in [0, 0.05) is 17.8 Å². The lowest BCUT2D eigenvalue weighted by Gasteiger charge is -1.99. The number of fused-ring (bicyclic) bond motifs is 3. The van der Waals surface area contributed by atoms with Gasteiger partial charge in [-0.3, -0.25) is 0 Å². The molecule has 2 aliphatic rings. The second-order valence-corrected chi connectivity index (χ2v) is 2.95. The van der Waals surface area contributed by atoms with Crippen LogP contribution in [0.1, 0.15) is 0 Å². The highest BCUT2D eigenvalue weighted by molar-refractivity contribution is 5.94. The van der Waals surface area contributed by atoms with Crippen LogP contribution in [0, 0.1) is 0 Å². The minimum atomic E-state index is 1.09. The number of hydrogen-bond acceptors (Lipinski definition) is 0. The van der Waals surface area contributed by atoms with Crippen molar-refractivity contribution in [2.45, 2.75) is 0 Å². The monoisotopic (exact) mass is 156 g/mol. The Balaban J connectivity index is 2.61. The first-order valence-electron chi connectivity index (χ1n) is 3.98. The molecule has 0 amide bonds. The van der Waals surface area contributed by atoms with E-state index < -0.39 is 0 Å². The molecule has 0 aromatic carbocycles. The van der Waals surface area contributed by atoms with Crippen molar-refractivity contribution < 1.29 is 0 Å². The Morgan fingerprint density at radius 2 is 2.00 bits per heavy atom. The van der Waals surface area contributed by atoms with Crippen molar-refractivity contribution in [3.05, 3.63) is 36.7 Å². The summed E-state index contributed by atoms with van der Waals surface area (Å²) in [6.07, 6.45) is 3.97. The number of rotatable bonds is 0. The Morgan fingerprint density at radius 1 is 1.00 bits per heavy atom. The van der Waals surface area contributed by atoms with Gasteiger partial charge in [-0.1, -0.05) is 18.2 Å². The fourth-order valence-electron chi connectivity index (χ4n) is 1.67. The third-order valence-electron chi connectivity index (χ3n) is 2.26. The summed E-state index contributed by atoms with van der Waals surface area (Å²) in [5.41, 5.74) is 3.67. The van der Waals surface area contributed by atoms with Gasteiger partial charge < -0.3 is 9.97 Å². The second kappa shape index (κ2) is 1.91. The van der Waals surface area contributed by atoms with Gasteiger partial charge >= 0.3 is 0 Å². The Morgan fingerprint density at radius 3 is 3.00 bits per heavy atom. The molecule has 0 unspecified atom stereocenters. The molecule has 0 fully saturated rings. The number of nitrogens with one attached hydrogen (secondary N) is 2. The van der Waals surface area contributed by atoms with Crippen LogP contribution in [0.2, 0.25) is 0 Å². The minimum absolute atomic E-state index is 1.09. The molecule has 1 aromatic rings. The quantitative estimate of drug-likeness (QED) is 0.501. The predicted molar refractivity (Wildman–Crippen MR) is 49.3 cm³/mol. The lowest BCUT2D eigenvalue weighted by molar-refractivity contribution is 1.33. The SMILES string of the molecule is c1cc2c[nH]c3[nH]ccc3c-2c1. The first-order valence-corrected chi connectivity index (χ1v) is 3.98. The summed E-state index contributed by atoms with van der Waals surface area (Å²) in [6.45, 7) is 0. The van der Waals surface area contributed by atoms with E-state index in [1.807, 2.05) is 12.4 Å². The van der Waals surface area contributed by atoms with Gasteiger partial charge in [0.25, 0.3) is 0 Å². The van der Waals surface area contributed by atoms with Gasteiger partial charge in [0.1, 0.15) is 5.65 Å². The molecular weight excluding hydrogens is 148 g/mol. The maximum Gasteiger partial charge on any atom is 0.115 e. The van der Waals surface area contributed by atoms with E-state index in [-0.39, 0.29) is 0 Å². The fraction of sp³-hybridized carbons (Fsp3) is 0. The lowest BCUT2D eigenvalue weighted by atomic mass is 10.1. The zero-order valence-corrected chi connectivity index (χ0v) is 6.46. The van der Waals surface area contributed by atoms with Crippen LogP contribution in [0.25, 0.3) is 22.2 Å². The number of hydrogen-bond donors (Lipinski definition) is 2. The predicted octanol–water partition coefficient (Wildman–Crippen LogP) is 2.60. The summed E-state index contributed by atoms with van der Waals surface area (Å²) in [6, 6.07) is 8.41. The Hall–Kier alpha value is -1.70. The van der Waals surface area contributed by atoms with Crippen LogP contribution < -0.4 is 0 Å². The third kappa shape index (κ3) is 0.593. The molecule has 1 aliphatic heterocycles. The Bertz CT molecular complexity index is 489. The average Bonchev–Trinajstić information content (AvgIpc) is 2.71. The summed E-state index contributed by atoms with van der Waals surface area (Å²) in [4.78, 5) is 6.35. The van der Waals surface area contributed by atoms with Crippen LogP contribution in [-0.2, 0) is 0 Å². The highest BCUT2D eigenvalue weighted by Crippen LogP contribution is 2.29. The first-order chi connectivity index (χ1) is 5.95. The molecule has 0 bridgehead atoms. The van der Waals surface area contributed by atoms with E-state index in [1.54, 1.807) is 0 Å². The molecular formula is C10H8N2. The number of H-pyrrole nitrogens is 2. The molecule has 0 atom stereocenters. The van der Waals surface area contributed by atoms with Gasteiger partial charge in [-0.15, -0.1) is 0 Å². The van der Waals surface area contributed by atoms with Crippen molar-refractivity contribution in [1.29, 1.82) is 0 Å². The number of aromatic nitrogens is 2. The largest absolute Gasteiger partial charge is 0.348 e. The zero-order valence-electron chi connectivity index (χ0n) is 6.46. The van der Waals surface area contributed by atoms with Crippen LogP contribution >= 0.6 is 0 Å². The maximum absolute atomic E-state index is 3.20. The normalized spacial score (nSPS) is 11.3. The summed E-state index contributed by atoms with van der Waals surface area (Å²) in [5.74, 6) is 0. The van der Waals surface area contributed by atoms with Crippen molar-refractivity contribution >= 4 is 11.0 Å². The van der Waals surface area contributed by atoms with Crippen LogP contribution in [0.15, 0.2) is 36.7 Å². The first kappa shape index (κ1) is 5.89. The summed E-state index contributed by atoms with van der Waals surface area (Å²) in [7, 11) is 0. The van der Waals surface area contributed by atoms with Gasteiger partial charge in [0.15, 0.2) is 0 Å². The van der Waals surface area contributed by atoms with E-state index >= 15 is 0 Å². The van der Waals surface area contributed by atoms with Crippen LogP contribution in [0.5, 0.6) is 0 Å². The standard InChI is InChI=1S/C10H8N2/c1-2-7-6-12-10-9(4-5-11-10)8(7)3-1/h1-6,11-12H. The molecule has 3 rings (SSSR count). The van der Waals surface area contributed by atoms with Crippen molar-refractivity contribution in [2.24, 2.45) is 0 Å². The van der Waals surface area contributed by atoms with E-state index in [1.165, 1.54) is 16.5 Å². The molecule has 2 heterocycles. The molecule has 0 spiro atoms. The highest BCUT2D eigenvalue weighted by atomic mass is 14.8. The molecule has 2 nitrogen and oxygen atoms in total. The van der Waals surface area contributed by atoms with Gasteiger partial charge in [-0.25, -0.2) is 0 Å². The van der Waals surface area contributed by atoms with E-state index in [2.05, 4.69) is 34.2 Å². The summed E-state index contributed by atoms with van der Waals surface area (Å²) < 4.78 is 0. The molecule has 12 heavy (non-hydrogen) atoms. The van der Waals surface area contributed by atoms with Gasteiger partial charge in [-0.2, -0.15) is 0 Å². The molecule has 58 valence electrons. The van der Waals surface area contributed by atoms with Gasteiger partial charge in [-0.05, 0) is 17.2 Å². The van der Waals surface area contributed by atoms with Crippen LogP contribution in [-0.4, -0.2) is 9.97 Å². The lowest BCUT2D eigenvalue weighted by Crippen LogP contribution is -1.79. The third-order valence-corrected chi connectivity index (χ3v) is 2.26. The highest BCUT2D eigenvalue weighted by Gasteiger charge is 2.06. The van der Waals surface area contributed by atoms with E-state index in [9.17, 15) is 0 Å². The van der Waals surface area contributed by atoms with Crippen molar-refractivity contribution in [3.63, 3.8) is 0 Å². The van der Waals surface area contributed by atoms with E-state index in [0.29, 0.717) is 0 Å². The van der Waals surface area contributed by atoms with Crippen LogP contribution in [0.4, 0.5) is 0 Å². The number of pyridine rings is 1. The van der Waals surface area contributed by atoms with Crippen molar-refractivity contribution in [2.75, 3.05) is 0 Å². The van der Waals surface area contributed by atoms with E-state index in [0.717, 1.165) is 5.65 Å².